The molecule has 2 N–H and O–H groups in total. The van der Waals surface area contributed by atoms with Crippen LogP contribution in [0.15, 0.2) is 29.2 Å². The van der Waals surface area contributed by atoms with Crippen molar-refractivity contribution in [3.63, 3.8) is 0 Å². The standard InChI is InChI=1S/C22H25F2N5O6/c1-26(2)17(30)11-28-12-27(6-7-35-3)22(34)18-20(32)19(31)15(10-29(18)28)21(33)25-9-13-4-5-14(23)8-16(13)24/h4-5,8,10,32H,6-7,9,11-12H2,1-3H3,(H,25,33). The molecule has 0 unspecified atom stereocenters. The smallest absolute Gasteiger partial charge is 0.277 e. The third-order valence-electron chi connectivity index (χ3n) is 5.37. The van der Waals surface area contributed by atoms with Gasteiger partial charge in [0.05, 0.1) is 6.61 Å². The van der Waals surface area contributed by atoms with E-state index in [1.807, 2.05) is 0 Å². The second kappa shape index (κ2) is 10.5. The molecular weight excluding hydrogens is 468 g/mol. The molecule has 0 spiro atoms. The minimum Gasteiger partial charge on any atom is -0.502 e. The van der Waals surface area contributed by atoms with Crippen molar-refractivity contribution < 1.29 is 33.0 Å². The molecule has 13 heteroatoms. The number of ether oxygens (including phenoxy) is 1. The Morgan fingerprint density at radius 1 is 1.23 bits per heavy atom. The maximum absolute atomic E-state index is 13.9. The van der Waals surface area contributed by atoms with Gasteiger partial charge in [-0.3, -0.25) is 28.9 Å². The topological polar surface area (TPSA) is 124 Å². The Hall–Kier alpha value is -4.00. The van der Waals surface area contributed by atoms with Crippen molar-refractivity contribution >= 4 is 17.7 Å². The molecule has 0 aliphatic carbocycles. The number of aromatic nitrogens is 1. The fraction of sp³-hybridized carbons (Fsp3) is 0.364. The molecule has 1 aliphatic rings. The van der Waals surface area contributed by atoms with Gasteiger partial charge in [-0.2, -0.15) is 0 Å². The molecule has 1 aliphatic heterocycles. The maximum atomic E-state index is 13.9. The minimum atomic E-state index is -1.12. The van der Waals surface area contributed by atoms with Gasteiger partial charge in [0.25, 0.3) is 11.8 Å². The zero-order valence-electron chi connectivity index (χ0n) is 19.4. The number of rotatable bonds is 8. The molecule has 3 amide bonds. The van der Waals surface area contributed by atoms with Gasteiger partial charge < -0.3 is 25.0 Å². The molecular formula is C22H25F2N5O6. The van der Waals surface area contributed by atoms with Gasteiger partial charge >= 0.3 is 0 Å². The van der Waals surface area contributed by atoms with Gasteiger partial charge in [-0.1, -0.05) is 6.07 Å². The first-order valence-corrected chi connectivity index (χ1v) is 10.5. The fourth-order valence-corrected chi connectivity index (χ4v) is 3.39. The number of likely N-dealkylation sites (N-methyl/N-ethyl adjacent to an activating group) is 1. The van der Waals surface area contributed by atoms with E-state index in [1.54, 1.807) is 0 Å². The largest absolute Gasteiger partial charge is 0.502 e. The van der Waals surface area contributed by atoms with Crippen LogP contribution >= 0.6 is 0 Å². The number of aromatic hydroxyl groups is 1. The third-order valence-corrected chi connectivity index (χ3v) is 5.37. The molecule has 1 aromatic carbocycles. The number of carbonyl (C=O) groups is 3. The predicted octanol–water partition coefficient (Wildman–Crippen LogP) is -0.152. The van der Waals surface area contributed by atoms with Gasteiger partial charge in [-0.05, 0) is 6.07 Å². The zero-order chi connectivity index (χ0) is 25.9. The Morgan fingerprint density at radius 3 is 2.57 bits per heavy atom. The van der Waals surface area contributed by atoms with E-state index in [9.17, 15) is 33.1 Å². The number of pyridine rings is 1. The second-order valence-electron chi connectivity index (χ2n) is 7.99. The Morgan fingerprint density at radius 2 is 1.94 bits per heavy atom. The lowest BCUT2D eigenvalue weighted by Gasteiger charge is -2.39. The monoisotopic (exact) mass is 493 g/mol. The lowest BCUT2D eigenvalue weighted by Crippen LogP contribution is -2.57. The summed E-state index contributed by atoms with van der Waals surface area (Å²) < 4.78 is 33.1. The van der Waals surface area contributed by atoms with Crippen LogP contribution in [-0.2, 0) is 16.1 Å². The van der Waals surface area contributed by atoms with Crippen molar-refractivity contribution in [1.82, 2.24) is 19.8 Å². The number of nitrogens with zero attached hydrogens (tertiary/aromatic N) is 4. The van der Waals surface area contributed by atoms with Crippen LogP contribution in [0.5, 0.6) is 5.75 Å². The molecule has 0 saturated heterocycles. The molecule has 3 rings (SSSR count). The highest BCUT2D eigenvalue weighted by atomic mass is 19.1. The summed E-state index contributed by atoms with van der Waals surface area (Å²) in [5.41, 5.74) is -2.09. The lowest BCUT2D eigenvalue weighted by molar-refractivity contribution is -0.127. The number of amides is 3. The molecule has 0 atom stereocenters. The van der Waals surface area contributed by atoms with Crippen LogP contribution in [0.2, 0.25) is 0 Å². The van der Waals surface area contributed by atoms with Gasteiger partial charge in [0, 0.05) is 52.1 Å². The van der Waals surface area contributed by atoms with E-state index in [0.29, 0.717) is 6.07 Å². The molecule has 2 heterocycles. The first-order chi connectivity index (χ1) is 16.5. The van der Waals surface area contributed by atoms with Crippen LogP contribution in [0.3, 0.4) is 0 Å². The Bertz CT molecular complexity index is 1220. The van der Waals surface area contributed by atoms with E-state index in [1.165, 1.54) is 36.0 Å². The number of hydrogen-bond donors (Lipinski definition) is 2. The molecule has 11 nitrogen and oxygen atoms in total. The van der Waals surface area contributed by atoms with Crippen LogP contribution in [0.25, 0.3) is 0 Å². The summed E-state index contributed by atoms with van der Waals surface area (Å²) in [6.07, 6.45) is 1.04. The van der Waals surface area contributed by atoms with Crippen LogP contribution < -0.4 is 15.8 Å². The number of methoxy groups -OCH3 is 1. The number of carbonyl (C=O) groups excluding carboxylic acids is 3. The SMILES string of the molecule is COCCN1CN(CC(=O)N(C)C)n2cc(C(=O)NCc3ccc(F)cc3F)c(=O)c(O)c2C1=O. The molecule has 0 fully saturated rings. The first kappa shape index (κ1) is 25.6. The predicted molar refractivity (Wildman–Crippen MR) is 119 cm³/mol. The number of halogens is 2. The molecule has 2 aromatic rings. The first-order valence-electron chi connectivity index (χ1n) is 10.5. The van der Waals surface area contributed by atoms with Gasteiger partial charge in [0.1, 0.15) is 30.4 Å². The zero-order valence-corrected chi connectivity index (χ0v) is 19.4. The van der Waals surface area contributed by atoms with Crippen LogP contribution in [0.1, 0.15) is 26.4 Å². The second-order valence-corrected chi connectivity index (χ2v) is 7.99. The van der Waals surface area contributed by atoms with E-state index < -0.39 is 45.9 Å². The summed E-state index contributed by atoms with van der Waals surface area (Å²) in [5.74, 6) is -4.63. The van der Waals surface area contributed by atoms with Crippen molar-refractivity contribution in [2.24, 2.45) is 0 Å². The van der Waals surface area contributed by atoms with E-state index in [2.05, 4.69) is 5.32 Å². The van der Waals surface area contributed by atoms with E-state index in [4.69, 9.17) is 4.74 Å². The molecule has 188 valence electrons. The highest BCUT2D eigenvalue weighted by molar-refractivity contribution is 5.99. The summed E-state index contributed by atoms with van der Waals surface area (Å²) in [4.78, 5) is 53.5. The average Bonchev–Trinajstić information content (AvgIpc) is 2.80. The molecule has 1 aromatic heterocycles. The van der Waals surface area contributed by atoms with Crippen LogP contribution in [0.4, 0.5) is 8.78 Å². The summed E-state index contributed by atoms with van der Waals surface area (Å²) in [5, 5.41) is 14.3. The van der Waals surface area contributed by atoms with Crippen molar-refractivity contribution in [3.8, 4) is 5.75 Å². The fourth-order valence-electron chi connectivity index (χ4n) is 3.39. The quantitative estimate of drug-likeness (QED) is 0.524. The van der Waals surface area contributed by atoms with E-state index in [-0.39, 0.29) is 44.4 Å². The molecule has 0 bridgehead atoms. The maximum Gasteiger partial charge on any atom is 0.277 e. The molecule has 35 heavy (non-hydrogen) atoms. The van der Waals surface area contributed by atoms with Gasteiger partial charge in [-0.25, -0.2) is 8.78 Å². The van der Waals surface area contributed by atoms with Crippen molar-refractivity contribution in [1.29, 1.82) is 0 Å². The Kier molecular flexibility index (Phi) is 7.69. The van der Waals surface area contributed by atoms with Crippen LogP contribution in [-0.4, -0.2) is 84.9 Å². The molecule has 0 saturated carbocycles. The third kappa shape index (κ3) is 5.40. The van der Waals surface area contributed by atoms with Crippen molar-refractivity contribution in [3.05, 3.63) is 63.1 Å². The van der Waals surface area contributed by atoms with E-state index in [0.717, 1.165) is 23.0 Å². The Balaban J connectivity index is 1.98. The van der Waals surface area contributed by atoms with E-state index >= 15 is 0 Å². The Labute approximate surface area is 199 Å². The normalized spacial score (nSPS) is 13.0. The minimum absolute atomic E-state index is 0.0239. The average molecular weight is 493 g/mol. The van der Waals surface area contributed by atoms with Gasteiger partial charge in [0.15, 0.2) is 11.4 Å². The number of hydrogen-bond acceptors (Lipinski definition) is 7. The summed E-state index contributed by atoms with van der Waals surface area (Å²) >= 11 is 0. The summed E-state index contributed by atoms with van der Waals surface area (Å²) in [6, 6.07) is 2.82. The number of benzene rings is 1. The number of nitrogens with one attached hydrogen (secondary N) is 1. The highest BCUT2D eigenvalue weighted by Crippen LogP contribution is 2.21. The van der Waals surface area contributed by atoms with Gasteiger partial charge in [0.2, 0.25) is 11.3 Å². The van der Waals surface area contributed by atoms with Crippen molar-refractivity contribution in [2.75, 3.05) is 52.6 Å². The summed E-state index contributed by atoms with van der Waals surface area (Å²) in [7, 11) is 4.52. The van der Waals surface area contributed by atoms with Gasteiger partial charge in [-0.15, -0.1) is 0 Å². The highest BCUT2D eigenvalue weighted by Gasteiger charge is 2.35. The lowest BCUT2D eigenvalue weighted by atomic mass is 10.1. The number of fused-ring (bicyclic) bond motifs is 1. The van der Waals surface area contributed by atoms with Crippen molar-refractivity contribution in [2.45, 2.75) is 6.54 Å². The van der Waals surface area contributed by atoms with Crippen LogP contribution in [0, 0.1) is 11.6 Å². The molecule has 0 radical (unpaired) electrons. The summed E-state index contributed by atoms with van der Waals surface area (Å²) in [6.45, 7) is -0.382.